The maximum absolute atomic E-state index is 5.79. The minimum Gasteiger partial charge on any atom is -0.381 e. The highest BCUT2D eigenvalue weighted by Gasteiger charge is 2.13. The zero-order chi connectivity index (χ0) is 13.1. The normalized spacial score (nSPS) is 15.5. The highest BCUT2D eigenvalue weighted by Crippen LogP contribution is 2.10. The third-order valence-corrected chi connectivity index (χ3v) is 2.78. The molecule has 0 spiro atoms. The summed E-state index contributed by atoms with van der Waals surface area (Å²) < 4.78 is 11.1. The number of ether oxygens (including phenoxy) is 2. The molecule has 2 N–H and O–H groups in total. The number of nitrogens with one attached hydrogen (secondary N) is 2. The van der Waals surface area contributed by atoms with Gasteiger partial charge in [-0.2, -0.15) is 0 Å². The molecule has 1 aliphatic heterocycles. The van der Waals surface area contributed by atoms with Gasteiger partial charge in [0.25, 0.3) is 0 Å². The van der Waals surface area contributed by atoms with Crippen LogP contribution >= 0.6 is 24.0 Å². The van der Waals surface area contributed by atoms with E-state index in [1.165, 1.54) is 0 Å². The molecule has 0 aromatic carbocycles. The van der Waals surface area contributed by atoms with Crippen molar-refractivity contribution in [2.45, 2.75) is 39.2 Å². The van der Waals surface area contributed by atoms with Crippen LogP contribution in [0.4, 0.5) is 0 Å². The van der Waals surface area contributed by atoms with Gasteiger partial charge in [-0.05, 0) is 33.1 Å². The maximum Gasteiger partial charge on any atom is 0.191 e. The molecule has 6 heteroatoms. The van der Waals surface area contributed by atoms with E-state index in [2.05, 4.69) is 29.5 Å². The van der Waals surface area contributed by atoms with E-state index in [4.69, 9.17) is 9.47 Å². The van der Waals surface area contributed by atoms with Gasteiger partial charge in [-0.25, -0.2) is 0 Å². The van der Waals surface area contributed by atoms with Crippen molar-refractivity contribution >= 4 is 29.9 Å². The predicted molar refractivity (Wildman–Crippen MR) is 89.5 cm³/mol. The third kappa shape index (κ3) is 9.45. The Balaban J connectivity index is 0.00000324. The number of halogens is 1. The lowest BCUT2D eigenvalue weighted by Crippen LogP contribution is -2.37. The first kappa shape index (κ1) is 18.9. The molecule has 0 radical (unpaired) electrons. The van der Waals surface area contributed by atoms with Gasteiger partial charge in [-0.15, -0.1) is 24.0 Å². The molecule has 0 saturated carbocycles. The Bertz CT molecular complexity index is 226. The first-order valence-electron chi connectivity index (χ1n) is 7.08. The van der Waals surface area contributed by atoms with E-state index in [1.807, 2.05) is 0 Å². The van der Waals surface area contributed by atoms with Gasteiger partial charge in [0.05, 0.1) is 6.10 Å². The standard InChI is InChI=1S/C13H27N3O2.HI/c1-3-14-13(15-4-2)16-8-5-9-18-12-6-10-17-11-7-12;/h12H,3-11H2,1-2H3,(H2,14,15,16);1H. The van der Waals surface area contributed by atoms with Gasteiger partial charge in [-0.1, -0.05) is 0 Å². The Labute approximate surface area is 133 Å². The highest BCUT2D eigenvalue weighted by molar-refractivity contribution is 14.0. The summed E-state index contributed by atoms with van der Waals surface area (Å²) in [6.07, 6.45) is 3.43. The molecule has 1 aliphatic rings. The first-order valence-corrected chi connectivity index (χ1v) is 7.08. The molecule has 0 aliphatic carbocycles. The Morgan fingerprint density at radius 3 is 2.42 bits per heavy atom. The summed E-state index contributed by atoms with van der Waals surface area (Å²) in [5, 5.41) is 6.41. The van der Waals surface area contributed by atoms with E-state index >= 15 is 0 Å². The molecule has 0 amide bonds. The van der Waals surface area contributed by atoms with Crippen LogP contribution in [0.2, 0.25) is 0 Å². The lowest BCUT2D eigenvalue weighted by molar-refractivity contribution is -0.0318. The number of nitrogens with zero attached hydrogens (tertiary/aromatic N) is 1. The van der Waals surface area contributed by atoms with E-state index in [0.29, 0.717) is 6.10 Å². The monoisotopic (exact) mass is 385 g/mol. The van der Waals surface area contributed by atoms with Crippen molar-refractivity contribution in [2.75, 3.05) is 39.5 Å². The van der Waals surface area contributed by atoms with Gasteiger partial charge < -0.3 is 20.1 Å². The molecule has 1 saturated heterocycles. The molecule has 0 aromatic rings. The van der Waals surface area contributed by atoms with Crippen LogP contribution < -0.4 is 10.6 Å². The van der Waals surface area contributed by atoms with Crippen LogP contribution in [0.15, 0.2) is 4.99 Å². The lowest BCUT2D eigenvalue weighted by Gasteiger charge is -2.22. The fraction of sp³-hybridized carbons (Fsp3) is 0.923. The molecule has 19 heavy (non-hydrogen) atoms. The van der Waals surface area contributed by atoms with Crippen LogP contribution in [-0.2, 0) is 9.47 Å². The van der Waals surface area contributed by atoms with E-state index in [9.17, 15) is 0 Å². The molecule has 1 fully saturated rings. The minimum atomic E-state index is 0. The summed E-state index contributed by atoms with van der Waals surface area (Å²) in [5.41, 5.74) is 0. The Morgan fingerprint density at radius 1 is 1.21 bits per heavy atom. The van der Waals surface area contributed by atoms with Crippen LogP contribution in [0.25, 0.3) is 0 Å². The molecule has 5 nitrogen and oxygen atoms in total. The van der Waals surface area contributed by atoms with Gasteiger partial charge in [0.1, 0.15) is 0 Å². The lowest BCUT2D eigenvalue weighted by atomic mass is 10.1. The van der Waals surface area contributed by atoms with Gasteiger partial charge in [-0.3, -0.25) is 4.99 Å². The molecule has 0 atom stereocenters. The van der Waals surface area contributed by atoms with Crippen molar-refractivity contribution in [3.63, 3.8) is 0 Å². The fourth-order valence-electron chi connectivity index (χ4n) is 1.86. The molecule has 0 aromatic heterocycles. The molecule has 1 heterocycles. The van der Waals surface area contributed by atoms with E-state index in [-0.39, 0.29) is 24.0 Å². The molecule has 0 unspecified atom stereocenters. The number of hydrogen-bond acceptors (Lipinski definition) is 3. The van der Waals surface area contributed by atoms with Crippen LogP contribution in [0.3, 0.4) is 0 Å². The third-order valence-electron chi connectivity index (χ3n) is 2.78. The summed E-state index contributed by atoms with van der Waals surface area (Å²) in [7, 11) is 0. The number of guanidine groups is 1. The maximum atomic E-state index is 5.79. The summed E-state index contributed by atoms with van der Waals surface area (Å²) >= 11 is 0. The van der Waals surface area contributed by atoms with Crippen LogP contribution in [0.5, 0.6) is 0 Å². The second-order valence-corrected chi connectivity index (χ2v) is 4.33. The molecule has 1 rings (SSSR count). The second-order valence-electron chi connectivity index (χ2n) is 4.33. The van der Waals surface area contributed by atoms with E-state index in [1.54, 1.807) is 0 Å². The molecule has 0 bridgehead atoms. The van der Waals surface area contributed by atoms with Crippen molar-refractivity contribution in [3.05, 3.63) is 0 Å². The van der Waals surface area contributed by atoms with Crippen molar-refractivity contribution < 1.29 is 9.47 Å². The van der Waals surface area contributed by atoms with Crippen molar-refractivity contribution in [1.29, 1.82) is 0 Å². The Morgan fingerprint density at radius 2 is 1.84 bits per heavy atom. The van der Waals surface area contributed by atoms with Gasteiger partial charge in [0.15, 0.2) is 5.96 Å². The molecular weight excluding hydrogens is 357 g/mol. The minimum absolute atomic E-state index is 0. The fourth-order valence-corrected chi connectivity index (χ4v) is 1.86. The largest absolute Gasteiger partial charge is 0.381 e. The van der Waals surface area contributed by atoms with Gasteiger partial charge in [0, 0.05) is 39.5 Å². The summed E-state index contributed by atoms with van der Waals surface area (Å²) in [5.74, 6) is 0.895. The van der Waals surface area contributed by atoms with Crippen LogP contribution in [0, 0.1) is 0 Å². The zero-order valence-corrected chi connectivity index (χ0v) is 14.4. The van der Waals surface area contributed by atoms with Crippen molar-refractivity contribution in [2.24, 2.45) is 4.99 Å². The number of hydrogen-bond donors (Lipinski definition) is 2. The summed E-state index contributed by atoms with van der Waals surface area (Å²) in [6.45, 7) is 9.21. The average Bonchev–Trinajstić information content (AvgIpc) is 2.40. The number of aliphatic imine (C=N–C) groups is 1. The zero-order valence-electron chi connectivity index (χ0n) is 12.1. The SMILES string of the molecule is CCNC(=NCCCOC1CCOCC1)NCC.I. The molecule has 114 valence electrons. The number of rotatable bonds is 7. The summed E-state index contributed by atoms with van der Waals surface area (Å²) in [6, 6.07) is 0. The van der Waals surface area contributed by atoms with Crippen LogP contribution in [0.1, 0.15) is 33.1 Å². The molecular formula is C13H28IN3O2. The van der Waals surface area contributed by atoms with Crippen molar-refractivity contribution in [1.82, 2.24) is 10.6 Å². The van der Waals surface area contributed by atoms with Crippen LogP contribution in [-0.4, -0.2) is 51.5 Å². The van der Waals surface area contributed by atoms with Crippen molar-refractivity contribution in [3.8, 4) is 0 Å². The topological polar surface area (TPSA) is 54.9 Å². The quantitative estimate of drug-likeness (QED) is 0.304. The second kappa shape index (κ2) is 12.9. The Hall–Kier alpha value is -0.0800. The predicted octanol–water partition coefficient (Wildman–Crippen LogP) is 1.77. The smallest absolute Gasteiger partial charge is 0.191 e. The van der Waals surface area contributed by atoms with E-state index < -0.39 is 0 Å². The van der Waals surface area contributed by atoms with E-state index in [0.717, 1.165) is 64.7 Å². The Kier molecular flexibility index (Phi) is 12.9. The highest BCUT2D eigenvalue weighted by atomic mass is 127. The average molecular weight is 385 g/mol. The van der Waals surface area contributed by atoms with Gasteiger partial charge in [0.2, 0.25) is 0 Å². The summed E-state index contributed by atoms with van der Waals surface area (Å²) in [4.78, 5) is 4.48. The first-order chi connectivity index (χ1) is 8.86. The van der Waals surface area contributed by atoms with Gasteiger partial charge >= 0.3 is 0 Å².